The minimum Gasteiger partial charge on any atom is -0.308 e. The highest BCUT2D eigenvalue weighted by Gasteiger charge is 2.30. The van der Waals surface area contributed by atoms with Crippen LogP contribution >= 0.6 is 0 Å². The number of anilines is 2. The van der Waals surface area contributed by atoms with Crippen LogP contribution in [0.3, 0.4) is 0 Å². The number of hydrogen-bond acceptors (Lipinski definition) is 5. The van der Waals surface area contributed by atoms with Gasteiger partial charge in [0, 0.05) is 54.7 Å². The molecule has 7 nitrogen and oxygen atoms in total. The monoisotopic (exact) mass is 472 g/mol. The SMILES string of the molecule is O=C(Nc1ccccc1)Nc1cccc(C(c2cccnc2)C(c2cccnc2)c2cccnc2)n1. The molecule has 1 aromatic carbocycles. The van der Waals surface area contributed by atoms with E-state index in [1.54, 1.807) is 24.7 Å². The van der Waals surface area contributed by atoms with Gasteiger partial charge in [-0.05, 0) is 59.2 Å². The van der Waals surface area contributed by atoms with Crippen molar-refractivity contribution in [3.8, 4) is 0 Å². The lowest BCUT2D eigenvalue weighted by Crippen LogP contribution is -2.21. The number of rotatable bonds is 7. The first kappa shape index (κ1) is 22.9. The third-order valence-electron chi connectivity index (χ3n) is 5.83. The quantitative estimate of drug-likeness (QED) is 0.309. The Bertz CT molecular complexity index is 1360. The number of hydrogen-bond donors (Lipinski definition) is 2. The molecule has 0 aliphatic heterocycles. The lowest BCUT2D eigenvalue weighted by atomic mass is 9.76. The van der Waals surface area contributed by atoms with Gasteiger partial charge in [-0.1, -0.05) is 42.5 Å². The summed E-state index contributed by atoms with van der Waals surface area (Å²) in [5.74, 6) is 0.120. The van der Waals surface area contributed by atoms with Crippen LogP contribution in [0, 0.1) is 0 Å². The van der Waals surface area contributed by atoms with Crippen molar-refractivity contribution in [2.24, 2.45) is 0 Å². The number of nitrogens with zero attached hydrogens (tertiary/aromatic N) is 4. The van der Waals surface area contributed by atoms with Crippen LogP contribution in [0.1, 0.15) is 34.2 Å². The van der Waals surface area contributed by atoms with Crippen LogP contribution in [0.5, 0.6) is 0 Å². The zero-order chi connectivity index (χ0) is 24.6. The summed E-state index contributed by atoms with van der Waals surface area (Å²) in [5.41, 5.74) is 4.54. The molecule has 4 heterocycles. The molecule has 36 heavy (non-hydrogen) atoms. The molecular formula is C29H24N6O. The highest BCUT2D eigenvalue weighted by Crippen LogP contribution is 2.41. The summed E-state index contributed by atoms with van der Waals surface area (Å²) in [6.45, 7) is 0. The smallest absolute Gasteiger partial charge is 0.308 e. The maximum atomic E-state index is 12.6. The van der Waals surface area contributed by atoms with Crippen LogP contribution < -0.4 is 10.6 Å². The first-order valence-corrected chi connectivity index (χ1v) is 11.6. The summed E-state index contributed by atoms with van der Waals surface area (Å²) >= 11 is 0. The second-order valence-electron chi connectivity index (χ2n) is 8.21. The van der Waals surface area contributed by atoms with Crippen LogP contribution in [0.25, 0.3) is 0 Å². The van der Waals surface area contributed by atoms with Gasteiger partial charge in [-0.3, -0.25) is 20.3 Å². The summed E-state index contributed by atoms with van der Waals surface area (Å²) in [7, 11) is 0. The molecule has 176 valence electrons. The van der Waals surface area contributed by atoms with Gasteiger partial charge in [-0.2, -0.15) is 0 Å². The highest BCUT2D eigenvalue weighted by atomic mass is 16.2. The molecule has 0 aliphatic carbocycles. The lowest BCUT2D eigenvalue weighted by molar-refractivity contribution is 0.262. The maximum absolute atomic E-state index is 12.6. The normalized spacial score (nSPS) is 11.6. The number of carbonyl (C=O) groups is 1. The Morgan fingerprint density at radius 2 is 1.17 bits per heavy atom. The number of pyridine rings is 4. The van der Waals surface area contributed by atoms with Crippen molar-refractivity contribution >= 4 is 17.5 Å². The summed E-state index contributed by atoms with van der Waals surface area (Å²) in [4.78, 5) is 30.6. The van der Waals surface area contributed by atoms with Crippen LogP contribution in [-0.2, 0) is 0 Å². The lowest BCUT2D eigenvalue weighted by Gasteiger charge is -2.28. The van der Waals surface area contributed by atoms with Crippen LogP contribution in [0.15, 0.2) is 122 Å². The van der Waals surface area contributed by atoms with Crippen LogP contribution in [0.2, 0.25) is 0 Å². The fourth-order valence-electron chi connectivity index (χ4n) is 4.29. The van der Waals surface area contributed by atoms with E-state index in [2.05, 4.69) is 37.7 Å². The number of aromatic nitrogens is 4. The van der Waals surface area contributed by atoms with Crippen LogP contribution in [0.4, 0.5) is 16.3 Å². The molecule has 1 atom stereocenters. The third kappa shape index (κ3) is 5.42. The van der Waals surface area contributed by atoms with Crippen molar-refractivity contribution in [2.45, 2.75) is 11.8 Å². The topological polar surface area (TPSA) is 92.7 Å². The molecule has 2 N–H and O–H groups in total. The zero-order valence-electron chi connectivity index (χ0n) is 19.4. The summed E-state index contributed by atoms with van der Waals surface area (Å²) in [6.07, 6.45) is 10.9. The predicted molar refractivity (Wildman–Crippen MR) is 140 cm³/mol. The highest BCUT2D eigenvalue weighted by molar-refractivity contribution is 5.99. The Morgan fingerprint density at radius 1 is 0.583 bits per heavy atom. The second kappa shape index (κ2) is 11.0. The van der Waals surface area contributed by atoms with E-state index < -0.39 is 0 Å². The molecule has 5 rings (SSSR count). The van der Waals surface area contributed by atoms with Crippen molar-refractivity contribution in [3.05, 3.63) is 144 Å². The van der Waals surface area contributed by atoms with E-state index in [1.165, 1.54) is 0 Å². The first-order valence-electron chi connectivity index (χ1n) is 11.6. The fourth-order valence-corrected chi connectivity index (χ4v) is 4.29. The Balaban J connectivity index is 1.54. The Labute approximate surface area is 209 Å². The van der Waals surface area contributed by atoms with Gasteiger partial charge in [0.25, 0.3) is 0 Å². The van der Waals surface area contributed by atoms with Crippen molar-refractivity contribution in [2.75, 3.05) is 10.6 Å². The maximum Gasteiger partial charge on any atom is 0.324 e. The Kier molecular flexibility index (Phi) is 6.99. The Morgan fingerprint density at radius 3 is 1.72 bits per heavy atom. The second-order valence-corrected chi connectivity index (χ2v) is 8.21. The average Bonchev–Trinajstić information content (AvgIpc) is 2.94. The molecule has 5 aromatic rings. The van der Waals surface area contributed by atoms with Crippen molar-refractivity contribution < 1.29 is 4.79 Å². The van der Waals surface area contributed by atoms with Crippen molar-refractivity contribution in [1.82, 2.24) is 19.9 Å². The van der Waals surface area contributed by atoms with E-state index in [-0.39, 0.29) is 17.9 Å². The van der Waals surface area contributed by atoms with Gasteiger partial charge < -0.3 is 5.32 Å². The predicted octanol–water partition coefficient (Wildman–Crippen LogP) is 5.87. The minimum atomic E-state index is -0.361. The number of para-hydroxylation sites is 1. The van der Waals surface area contributed by atoms with Gasteiger partial charge in [-0.15, -0.1) is 0 Å². The molecule has 0 radical (unpaired) electrons. The van der Waals surface area contributed by atoms with E-state index in [4.69, 9.17) is 4.98 Å². The number of urea groups is 1. The minimum absolute atomic E-state index is 0.127. The van der Waals surface area contributed by atoms with E-state index in [9.17, 15) is 4.79 Å². The van der Waals surface area contributed by atoms with Crippen LogP contribution in [-0.4, -0.2) is 26.0 Å². The number of benzene rings is 1. The van der Waals surface area contributed by atoms with E-state index in [0.717, 1.165) is 22.4 Å². The molecule has 0 saturated carbocycles. The average molecular weight is 473 g/mol. The van der Waals surface area contributed by atoms with Gasteiger partial charge in [-0.25, -0.2) is 9.78 Å². The summed E-state index contributed by atoms with van der Waals surface area (Å²) in [6, 6.07) is 26.5. The van der Waals surface area contributed by atoms with Crippen molar-refractivity contribution in [3.63, 3.8) is 0 Å². The number of nitrogens with one attached hydrogen (secondary N) is 2. The molecule has 0 aliphatic rings. The standard InChI is InChI=1S/C29H24N6O/c36-29(33-24-11-2-1-3-12-24)35-26-14-4-13-25(34-26)28(23-10-7-17-32-20-23)27(21-8-5-15-30-18-21)22-9-6-16-31-19-22/h1-20,27-28H,(H2,33,34,35,36). The molecule has 0 spiro atoms. The largest absolute Gasteiger partial charge is 0.324 e. The third-order valence-corrected chi connectivity index (χ3v) is 5.83. The molecule has 0 saturated heterocycles. The number of carbonyl (C=O) groups excluding carboxylic acids is 1. The molecule has 1 unspecified atom stereocenters. The molecule has 7 heteroatoms. The van der Waals surface area contributed by atoms with Gasteiger partial charge in [0.05, 0.1) is 5.69 Å². The first-order chi connectivity index (χ1) is 17.8. The summed E-state index contributed by atoms with van der Waals surface area (Å²) < 4.78 is 0. The molecule has 2 amide bonds. The van der Waals surface area contributed by atoms with E-state index in [0.29, 0.717) is 11.5 Å². The zero-order valence-corrected chi connectivity index (χ0v) is 19.4. The Hall–Kier alpha value is -4.91. The molecular weight excluding hydrogens is 448 g/mol. The van der Waals surface area contributed by atoms with Gasteiger partial charge in [0.15, 0.2) is 0 Å². The van der Waals surface area contributed by atoms with Gasteiger partial charge in [0.2, 0.25) is 0 Å². The molecule has 0 fully saturated rings. The van der Waals surface area contributed by atoms with Gasteiger partial charge in [0.1, 0.15) is 5.82 Å². The molecule has 4 aromatic heterocycles. The fraction of sp³-hybridized carbons (Fsp3) is 0.0690. The van der Waals surface area contributed by atoms with Crippen molar-refractivity contribution in [1.29, 1.82) is 0 Å². The number of amides is 2. The summed E-state index contributed by atoms with van der Waals surface area (Å²) in [5, 5.41) is 5.68. The molecule has 0 bridgehead atoms. The van der Waals surface area contributed by atoms with E-state index in [1.807, 2.05) is 85.3 Å². The van der Waals surface area contributed by atoms with Gasteiger partial charge >= 0.3 is 6.03 Å². The van der Waals surface area contributed by atoms with E-state index >= 15 is 0 Å².